The van der Waals surface area contributed by atoms with E-state index in [0.29, 0.717) is 17.0 Å². The number of methoxy groups -OCH3 is 1. The van der Waals surface area contributed by atoms with Crippen LogP contribution in [0.15, 0.2) is 48.5 Å². The molecule has 0 saturated heterocycles. The van der Waals surface area contributed by atoms with E-state index < -0.39 is 30.4 Å². The number of anilines is 2. The molecule has 8 nitrogen and oxygen atoms in total. The topological polar surface area (TPSA) is 97.0 Å². The van der Waals surface area contributed by atoms with E-state index in [1.165, 1.54) is 7.11 Å². The van der Waals surface area contributed by atoms with Crippen LogP contribution < -0.4 is 20.3 Å². The second-order valence-corrected chi connectivity index (χ2v) is 7.49. The van der Waals surface area contributed by atoms with Gasteiger partial charge in [-0.1, -0.05) is 26.0 Å². The van der Waals surface area contributed by atoms with Crippen LogP contribution in [0.2, 0.25) is 0 Å². The van der Waals surface area contributed by atoms with E-state index in [4.69, 9.17) is 9.47 Å². The average Bonchev–Trinajstić information content (AvgIpc) is 2.75. The Balaban J connectivity index is 1.94. The van der Waals surface area contributed by atoms with Crippen molar-refractivity contribution in [2.24, 2.45) is 5.92 Å². The maximum atomic E-state index is 12.6. The molecule has 0 unspecified atom stereocenters. The van der Waals surface area contributed by atoms with Gasteiger partial charge in [-0.2, -0.15) is 0 Å². The molecule has 2 rings (SSSR count). The third-order valence-electron chi connectivity index (χ3n) is 4.57. The van der Waals surface area contributed by atoms with Gasteiger partial charge in [-0.25, -0.2) is 4.79 Å². The number of nitrogens with one attached hydrogen (secondary N) is 2. The number of hydrogen-bond acceptors (Lipinski definition) is 6. The van der Waals surface area contributed by atoms with Crippen LogP contribution in [0.1, 0.15) is 24.2 Å². The lowest BCUT2D eigenvalue weighted by atomic mass is 10.0. The molecule has 31 heavy (non-hydrogen) atoms. The number of carbonyl (C=O) groups is 3. The minimum atomic E-state index is -0.912. The summed E-state index contributed by atoms with van der Waals surface area (Å²) in [5.74, 6) is -1.46. The van der Waals surface area contributed by atoms with E-state index in [0.717, 1.165) is 5.69 Å². The molecular formula is C23H29N3O5. The van der Waals surface area contributed by atoms with Crippen molar-refractivity contribution in [3.63, 3.8) is 0 Å². The number of esters is 1. The Hall–Kier alpha value is -3.55. The number of rotatable bonds is 9. The summed E-state index contributed by atoms with van der Waals surface area (Å²) >= 11 is 0. The Morgan fingerprint density at radius 1 is 1.00 bits per heavy atom. The number of para-hydroxylation sites is 1. The molecule has 0 aliphatic rings. The third-order valence-corrected chi connectivity index (χ3v) is 4.57. The Morgan fingerprint density at radius 3 is 2.23 bits per heavy atom. The molecule has 8 heteroatoms. The standard InChI is InChI=1S/C23H29N3O5/c1-15(2)21(25-22(28)18-8-6-7-9-19(18)30-5)23(29)31-14-20(27)24-16-10-12-17(13-11-16)26(3)4/h6-13,15,21H,14H2,1-5H3,(H,24,27)(H,25,28)/t21-/m0/s1. The van der Waals surface area contributed by atoms with Crippen LogP contribution in [0.3, 0.4) is 0 Å². The zero-order valence-corrected chi connectivity index (χ0v) is 18.5. The average molecular weight is 428 g/mol. The zero-order valence-electron chi connectivity index (χ0n) is 18.5. The second-order valence-electron chi connectivity index (χ2n) is 7.49. The van der Waals surface area contributed by atoms with Crippen molar-refractivity contribution >= 4 is 29.2 Å². The van der Waals surface area contributed by atoms with Crippen molar-refractivity contribution in [2.75, 3.05) is 38.0 Å². The summed E-state index contributed by atoms with van der Waals surface area (Å²) in [6.45, 7) is 3.10. The number of carbonyl (C=O) groups excluding carboxylic acids is 3. The van der Waals surface area contributed by atoms with Gasteiger partial charge in [0.15, 0.2) is 6.61 Å². The predicted molar refractivity (Wildman–Crippen MR) is 119 cm³/mol. The second kappa shape index (κ2) is 11.0. The van der Waals surface area contributed by atoms with Gasteiger partial charge < -0.3 is 25.0 Å². The third kappa shape index (κ3) is 6.74. The van der Waals surface area contributed by atoms with E-state index in [2.05, 4.69) is 10.6 Å². The minimum Gasteiger partial charge on any atom is -0.496 e. The van der Waals surface area contributed by atoms with Gasteiger partial charge in [0.1, 0.15) is 11.8 Å². The highest BCUT2D eigenvalue weighted by molar-refractivity contribution is 5.99. The molecule has 2 amide bonds. The van der Waals surface area contributed by atoms with Crippen LogP contribution in [0.5, 0.6) is 5.75 Å². The van der Waals surface area contributed by atoms with E-state index in [1.807, 2.05) is 31.1 Å². The van der Waals surface area contributed by atoms with E-state index >= 15 is 0 Å². The highest BCUT2D eigenvalue weighted by Gasteiger charge is 2.27. The number of amides is 2. The fraction of sp³-hybridized carbons (Fsp3) is 0.348. The first-order valence-corrected chi connectivity index (χ1v) is 9.90. The van der Waals surface area contributed by atoms with Crippen LogP contribution in [-0.2, 0) is 14.3 Å². The van der Waals surface area contributed by atoms with Gasteiger partial charge in [0.05, 0.1) is 12.7 Å². The highest BCUT2D eigenvalue weighted by atomic mass is 16.5. The molecule has 2 N–H and O–H groups in total. The van der Waals surface area contributed by atoms with E-state index in [1.54, 1.807) is 50.2 Å². The summed E-state index contributed by atoms with van der Waals surface area (Å²) in [6.07, 6.45) is 0. The number of ether oxygens (including phenoxy) is 2. The zero-order chi connectivity index (χ0) is 23.0. The Kier molecular flexibility index (Phi) is 8.43. The van der Waals surface area contributed by atoms with Gasteiger partial charge in [-0.3, -0.25) is 9.59 Å². The summed E-state index contributed by atoms with van der Waals surface area (Å²) in [7, 11) is 5.31. The number of benzene rings is 2. The van der Waals surface area contributed by atoms with Crippen molar-refractivity contribution in [3.8, 4) is 5.75 Å². The lowest BCUT2D eigenvalue weighted by Gasteiger charge is -2.21. The van der Waals surface area contributed by atoms with Crippen molar-refractivity contribution in [3.05, 3.63) is 54.1 Å². The minimum absolute atomic E-state index is 0.243. The monoisotopic (exact) mass is 427 g/mol. The SMILES string of the molecule is COc1ccccc1C(=O)N[C@H](C(=O)OCC(=O)Nc1ccc(N(C)C)cc1)C(C)C. The fourth-order valence-corrected chi connectivity index (χ4v) is 2.82. The molecule has 2 aromatic rings. The lowest BCUT2D eigenvalue weighted by molar-refractivity contribution is -0.150. The maximum absolute atomic E-state index is 12.6. The molecule has 0 aliphatic heterocycles. The Bertz CT molecular complexity index is 910. The maximum Gasteiger partial charge on any atom is 0.329 e. The molecule has 0 spiro atoms. The summed E-state index contributed by atoms with van der Waals surface area (Å²) in [5, 5.41) is 5.34. The van der Waals surface area contributed by atoms with Gasteiger partial charge in [-0.05, 0) is 42.3 Å². The van der Waals surface area contributed by atoms with E-state index in [-0.39, 0.29) is 5.92 Å². The largest absolute Gasteiger partial charge is 0.496 e. The van der Waals surface area contributed by atoms with Crippen LogP contribution in [0, 0.1) is 5.92 Å². The van der Waals surface area contributed by atoms with Crippen LogP contribution in [0.25, 0.3) is 0 Å². The first kappa shape index (κ1) is 23.7. The molecule has 0 aliphatic carbocycles. The van der Waals surface area contributed by atoms with Crippen molar-refractivity contribution in [2.45, 2.75) is 19.9 Å². The molecule has 0 aromatic heterocycles. The molecule has 0 saturated carbocycles. The highest BCUT2D eigenvalue weighted by Crippen LogP contribution is 2.18. The Morgan fingerprint density at radius 2 is 1.65 bits per heavy atom. The predicted octanol–water partition coefficient (Wildman–Crippen LogP) is 2.70. The van der Waals surface area contributed by atoms with Crippen LogP contribution in [0.4, 0.5) is 11.4 Å². The van der Waals surface area contributed by atoms with Gasteiger partial charge in [-0.15, -0.1) is 0 Å². The van der Waals surface area contributed by atoms with Gasteiger partial charge in [0, 0.05) is 25.5 Å². The number of hydrogen-bond donors (Lipinski definition) is 2. The summed E-state index contributed by atoms with van der Waals surface area (Å²) in [4.78, 5) is 39.2. The lowest BCUT2D eigenvalue weighted by Crippen LogP contribution is -2.46. The van der Waals surface area contributed by atoms with Gasteiger partial charge in [0.2, 0.25) is 0 Å². The van der Waals surface area contributed by atoms with Crippen molar-refractivity contribution in [1.82, 2.24) is 5.32 Å². The van der Waals surface area contributed by atoms with Crippen molar-refractivity contribution < 1.29 is 23.9 Å². The van der Waals surface area contributed by atoms with E-state index in [9.17, 15) is 14.4 Å². The molecule has 0 bridgehead atoms. The molecule has 1 atom stereocenters. The Labute approximate surface area is 182 Å². The molecule has 0 fully saturated rings. The fourth-order valence-electron chi connectivity index (χ4n) is 2.82. The smallest absolute Gasteiger partial charge is 0.329 e. The van der Waals surface area contributed by atoms with Crippen LogP contribution in [-0.4, -0.2) is 51.6 Å². The first-order chi connectivity index (χ1) is 14.7. The van der Waals surface area contributed by atoms with Gasteiger partial charge >= 0.3 is 5.97 Å². The normalized spacial score (nSPS) is 11.4. The van der Waals surface area contributed by atoms with Gasteiger partial charge in [0.25, 0.3) is 11.8 Å². The molecule has 2 aromatic carbocycles. The molecule has 0 radical (unpaired) electrons. The quantitative estimate of drug-likeness (QED) is 0.598. The van der Waals surface area contributed by atoms with Crippen molar-refractivity contribution in [1.29, 1.82) is 0 Å². The first-order valence-electron chi connectivity index (χ1n) is 9.90. The summed E-state index contributed by atoms with van der Waals surface area (Å²) in [5.41, 5.74) is 1.90. The molecular weight excluding hydrogens is 398 g/mol. The molecule has 0 heterocycles. The molecule has 166 valence electrons. The summed E-state index contributed by atoms with van der Waals surface area (Å²) < 4.78 is 10.3. The summed E-state index contributed by atoms with van der Waals surface area (Å²) in [6, 6.07) is 13.1. The van der Waals surface area contributed by atoms with Crippen LogP contribution >= 0.6 is 0 Å². The number of nitrogens with zero attached hydrogens (tertiary/aromatic N) is 1.